The van der Waals surface area contributed by atoms with Gasteiger partial charge >= 0.3 is 5.69 Å². The van der Waals surface area contributed by atoms with Gasteiger partial charge < -0.3 is 10.1 Å². The van der Waals surface area contributed by atoms with Crippen molar-refractivity contribution in [3.8, 4) is 11.4 Å². The number of benzene rings is 2. The van der Waals surface area contributed by atoms with Gasteiger partial charge in [-0.1, -0.05) is 38.3 Å². The molecule has 0 saturated heterocycles. The van der Waals surface area contributed by atoms with Gasteiger partial charge in [0.1, 0.15) is 28.9 Å². The van der Waals surface area contributed by atoms with Crippen molar-refractivity contribution in [1.29, 1.82) is 0 Å². The van der Waals surface area contributed by atoms with E-state index in [0.717, 1.165) is 42.0 Å². The normalized spacial score (nSPS) is 17.0. The number of ether oxygens (including phenoxy) is 1. The Morgan fingerprint density at radius 1 is 1.14 bits per heavy atom. The summed E-state index contributed by atoms with van der Waals surface area (Å²) in [5, 5.41) is 7.30. The summed E-state index contributed by atoms with van der Waals surface area (Å²) in [6.45, 7) is 2.27. The first-order valence-electron chi connectivity index (χ1n) is 13.0. The number of nitrogens with one attached hydrogen (secondary N) is 1. The number of amides is 1. The van der Waals surface area contributed by atoms with E-state index in [9.17, 15) is 14.0 Å². The highest BCUT2D eigenvalue weighted by atomic mass is 19.1. The summed E-state index contributed by atoms with van der Waals surface area (Å²) >= 11 is 0. The number of halogens is 2. The quantitative estimate of drug-likeness (QED) is 0.473. The maximum Gasteiger partial charge on any atom is 0.350 e. The zero-order valence-corrected chi connectivity index (χ0v) is 21.2. The van der Waals surface area contributed by atoms with E-state index in [1.807, 2.05) is 6.92 Å². The smallest absolute Gasteiger partial charge is 0.350 e. The predicted octanol–water partition coefficient (Wildman–Crippen LogP) is 4.79. The number of aromatic nitrogens is 3. The molecule has 1 heterocycles. The third-order valence-electron chi connectivity index (χ3n) is 7.61. The Morgan fingerprint density at radius 3 is 2.46 bits per heavy atom. The van der Waals surface area contributed by atoms with Gasteiger partial charge in [-0.25, -0.2) is 13.6 Å². The molecule has 196 valence electrons. The molecular formula is C28H32F2N4O3. The van der Waals surface area contributed by atoms with E-state index in [1.54, 1.807) is 19.2 Å². The van der Waals surface area contributed by atoms with Crippen LogP contribution in [-0.2, 0) is 19.0 Å². The van der Waals surface area contributed by atoms with Crippen molar-refractivity contribution in [3.05, 3.63) is 75.5 Å². The molecule has 2 aliphatic carbocycles. The van der Waals surface area contributed by atoms with E-state index in [1.165, 1.54) is 29.2 Å². The van der Waals surface area contributed by atoms with Crippen LogP contribution >= 0.6 is 0 Å². The molecule has 3 aromatic rings. The van der Waals surface area contributed by atoms with Gasteiger partial charge in [0.2, 0.25) is 0 Å². The minimum absolute atomic E-state index is 0.0600. The lowest BCUT2D eigenvalue weighted by atomic mass is 9.90. The largest absolute Gasteiger partial charge is 0.492 e. The lowest BCUT2D eigenvalue weighted by Gasteiger charge is -2.23. The topological polar surface area (TPSA) is 78.2 Å². The first kappa shape index (κ1) is 25.2. The molecule has 2 fully saturated rings. The molecule has 1 amide bonds. The highest BCUT2D eigenvalue weighted by Crippen LogP contribution is 2.46. The van der Waals surface area contributed by atoms with E-state index in [-0.39, 0.29) is 22.8 Å². The minimum atomic E-state index is -0.746. The number of aryl methyl sites for hydroxylation is 1. The van der Waals surface area contributed by atoms with Crippen molar-refractivity contribution >= 4 is 5.91 Å². The molecule has 9 heteroatoms. The second kappa shape index (κ2) is 10.1. The fourth-order valence-electron chi connectivity index (χ4n) is 5.17. The Kier molecular flexibility index (Phi) is 6.88. The van der Waals surface area contributed by atoms with Crippen molar-refractivity contribution in [2.75, 3.05) is 6.61 Å². The third kappa shape index (κ3) is 5.04. The second-order valence-electron chi connectivity index (χ2n) is 10.2. The first-order chi connectivity index (χ1) is 17.8. The Bertz CT molecular complexity index is 1350. The standard InChI is InChI=1S/C28H32F2N4O3/c1-3-25-32-34(27(36)33(25)2)23-16-24(37-17-18-7-5-4-6-8-18)21(15-22(23)30)26(35)31-28(13-14-28)19-9-11-20(29)12-10-19/h9-12,15-16,18H,3-8,13-14,17H2,1-2H3,(H,31,35). The van der Waals surface area contributed by atoms with Crippen molar-refractivity contribution in [2.45, 2.75) is 63.8 Å². The summed E-state index contributed by atoms with van der Waals surface area (Å²) in [5.74, 6) is -0.483. The number of carbonyl (C=O) groups is 1. The van der Waals surface area contributed by atoms with E-state index in [2.05, 4.69) is 10.4 Å². The van der Waals surface area contributed by atoms with Crippen LogP contribution in [0.1, 0.15) is 73.6 Å². The monoisotopic (exact) mass is 510 g/mol. The molecule has 7 nitrogen and oxygen atoms in total. The molecule has 0 radical (unpaired) electrons. The van der Waals surface area contributed by atoms with Crippen LogP contribution in [0.15, 0.2) is 41.2 Å². The van der Waals surface area contributed by atoms with Gasteiger partial charge in [0.15, 0.2) is 0 Å². The SMILES string of the molecule is CCc1nn(-c2cc(OCC3CCCCC3)c(C(=O)NC3(c4ccc(F)cc4)CC3)cc2F)c(=O)n1C. The van der Waals surface area contributed by atoms with E-state index < -0.39 is 23.0 Å². The van der Waals surface area contributed by atoms with Gasteiger partial charge in [0.05, 0.1) is 17.7 Å². The number of nitrogens with zero attached hydrogens (tertiary/aromatic N) is 3. The van der Waals surface area contributed by atoms with Crippen molar-refractivity contribution in [1.82, 2.24) is 19.7 Å². The number of hydrogen-bond donors (Lipinski definition) is 1. The van der Waals surface area contributed by atoms with Crippen LogP contribution in [0.5, 0.6) is 5.75 Å². The van der Waals surface area contributed by atoms with Crippen LogP contribution in [0.4, 0.5) is 8.78 Å². The fraction of sp³-hybridized carbons (Fsp3) is 0.464. The zero-order chi connectivity index (χ0) is 26.2. The Labute approximate surface area is 214 Å². The maximum atomic E-state index is 15.4. The summed E-state index contributed by atoms with van der Waals surface area (Å²) in [4.78, 5) is 26.2. The van der Waals surface area contributed by atoms with E-state index >= 15 is 4.39 Å². The Balaban J connectivity index is 1.49. The van der Waals surface area contributed by atoms with Crippen molar-refractivity contribution < 1.29 is 18.3 Å². The average Bonchev–Trinajstić information content (AvgIpc) is 3.63. The maximum absolute atomic E-state index is 15.4. The molecular weight excluding hydrogens is 478 g/mol. The Hall–Kier alpha value is -3.49. The van der Waals surface area contributed by atoms with E-state index in [0.29, 0.717) is 37.6 Å². The number of carbonyl (C=O) groups excluding carboxylic acids is 1. The zero-order valence-electron chi connectivity index (χ0n) is 21.2. The van der Waals surface area contributed by atoms with Crippen LogP contribution in [0.2, 0.25) is 0 Å². The summed E-state index contributed by atoms with van der Waals surface area (Å²) < 4.78 is 37.4. The minimum Gasteiger partial charge on any atom is -0.492 e. The lowest BCUT2D eigenvalue weighted by molar-refractivity contribution is 0.0924. The van der Waals surface area contributed by atoms with Crippen LogP contribution in [0, 0.1) is 17.6 Å². The van der Waals surface area contributed by atoms with Crippen LogP contribution in [0.3, 0.4) is 0 Å². The molecule has 0 spiro atoms. The summed E-state index contributed by atoms with van der Waals surface area (Å²) in [6.07, 6.45) is 7.49. The fourth-order valence-corrected chi connectivity index (χ4v) is 5.17. The molecule has 2 saturated carbocycles. The van der Waals surface area contributed by atoms with Crippen molar-refractivity contribution in [2.24, 2.45) is 13.0 Å². The molecule has 5 rings (SSSR count). The van der Waals surface area contributed by atoms with Gasteiger partial charge in [-0.3, -0.25) is 9.36 Å². The van der Waals surface area contributed by atoms with Gasteiger partial charge in [0, 0.05) is 19.5 Å². The van der Waals surface area contributed by atoms with Crippen LogP contribution in [-0.4, -0.2) is 26.9 Å². The van der Waals surface area contributed by atoms with Gasteiger partial charge in [-0.15, -0.1) is 5.10 Å². The molecule has 0 aliphatic heterocycles. The molecule has 0 unspecified atom stereocenters. The molecule has 0 bridgehead atoms. The second-order valence-corrected chi connectivity index (χ2v) is 10.2. The summed E-state index contributed by atoms with van der Waals surface area (Å²) in [6, 6.07) is 8.57. The van der Waals surface area contributed by atoms with Gasteiger partial charge in [-0.05, 0) is 55.4 Å². The molecule has 1 aromatic heterocycles. The molecule has 1 N–H and O–H groups in total. The lowest BCUT2D eigenvalue weighted by Crippen LogP contribution is -2.35. The Morgan fingerprint density at radius 2 is 1.84 bits per heavy atom. The number of hydrogen-bond acceptors (Lipinski definition) is 4. The van der Waals surface area contributed by atoms with Crippen LogP contribution in [0.25, 0.3) is 5.69 Å². The average molecular weight is 511 g/mol. The first-order valence-corrected chi connectivity index (χ1v) is 13.0. The highest BCUT2D eigenvalue weighted by Gasteiger charge is 2.46. The molecule has 0 atom stereocenters. The van der Waals surface area contributed by atoms with Gasteiger partial charge in [0.25, 0.3) is 5.91 Å². The molecule has 37 heavy (non-hydrogen) atoms. The number of rotatable bonds is 8. The third-order valence-corrected chi connectivity index (χ3v) is 7.61. The summed E-state index contributed by atoms with van der Waals surface area (Å²) in [7, 11) is 1.59. The molecule has 2 aliphatic rings. The van der Waals surface area contributed by atoms with E-state index in [4.69, 9.17) is 4.74 Å². The highest BCUT2D eigenvalue weighted by molar-refractivity contribution is 5.98. The predicted molar refractivity (Wildman–Crippen MR) is 135 cm³/mol. The van der Waals surface area contributed by atoms with Gasteiger partial charge in [-0.2, -0.15) is 4.68 Å². The van der Waals surface area contributed by atoms with Crippen molar-refractivity contribution in [3.63, 3.8) is 0 Å². The molecule has 2 aromatic carbocycles. The van der Waals surface area contributed by atoms with Crippen LogP contribution < -0.4 is 15.7 Å². The summed E-state index contributed by atoms with van der Waals surface area (Å²) in [5.41, 5.74) is -0.287.